The van der Waals surface area contributed by atoms with Crippen LogP contribution in [0.3, 0.4) is 0 Å². The van der Waals surface area contributed by atoms with E-state index < -0.39 is 5.54 Å². The van der Waals surface area contributed by atoms with Crippen LogP contribution in [0.1, 0.15) is 5.56 Å². The number of methoxy groups -OCH3 is 1. The molecule has 1 rings (SSSR count). The summed E-state index contributed by atoms with van der Waals surface area (Å²) < 4.78 is 4.97. The highest BCUT2D eigenvalue weighted by Crippen LogP contribution is 2.26. The lowest BCUT2D eigenvalue weighted by atomic mass is 10.0. The van der Waals surface area contributed by atoms with Gasteiger partial charge in [-0.15, -0.1) is 0 Å². The highest BCUT2D eigenvalue weighted by atomic mass is 16.5. The molecule has 0 unspecified atom stereocenters. The molecule has 0 heterocycles. The molecule has 0 spiro atoms. The first-order chi connectivity index (χ1) is 8.60. The molecule has 5 N–H and O–H groups in total. The average Bonchev–Trinajstić information content (AvgIpc) is 2.42. The third-order valence-electron chi connectivity index (χ3n) is 2.82. The highest BCUT2D eigenvalue weighted by molar-refractivity contribution is 5.41. The molecule has 0 aliphatic carbocycles. The molecule has 0 amide bonds. The summed E-state index contributed by atoms with van der Waals surface area (Å²) in [5.41, 5.74) is -0.324. The number of phenols is 1. The van der Waals surface area contributed by atoms with Gasteiger partial charge in [0.15, 0.2) is 11.5 Å². The summed E-state index contributed by atoms with van der Waals surface area (Å²) >= 11 is 0. The SMILES string of the molecule is COc1cc(CNC(CO)(CO)CO)ccc1O. The minimum atomic E-state index is -1.12. The van der Waals surface area contributed by atoms with Crippen LogP contribution in [0.2, 0.25) is 0 Å². The summed E-state index contributed by atoms with van der Waals surface area (Å²) in [5, 5.41) is 39.8. The van der Waals surface area contributed by atoms with Crippen LogP contribution in [-0.4, -0.2) is 52.9 Å². The molecule has 6 heteroatoms. The van der Waals surface area contributed by atoms with E-state index in [4.69, 9.17) is 20.1 Å². The van der Waals surface area contributed by atoms with Crippen LogP contribution in [0.4, 0.5) is 0 Å². The van der Waals surface area contributed by atoms with E-state index in [-0.39, 0.29) is 25.6 Å². The maximum absolute atomic E-state index is 9.44. The maximum atomic E-state index is 9.44. The largest absolute Gasteiger partial charge is 0.504 e. The first kappa shape index (κ1) is 14.7. The molecule has 0 saturated carbocycles. The van der Waals surface area contributed by atoms with E-state index >= 15 is 0 Å². The van der Waals surface area contributed by atoms with Gasteiger partial charge in [0.2, 0.25) is 0 Å². The Labute approximate surface area is 105 Å². The number of ether oxygens (including phenoxy) is 1. The molecule has 0 fully saturated rings. The fraction of sp³-hybridized carbons (Fsp3) is 0.500. The van der Waals surface area contributed by atoms with Crippen molar-refractivity contribution in [2.75, 3.05) is 26.9 Å². The van der Waals surface area contributed by atoms with Gasteiger partial charge in [-0.2, -0.15) is 0 Å². The van der Waals surface area contributed by atoms with Gasteiger partial charge in [-0.25, -0.2) is 0 Å². The zero-order chi connectivity index (χ0) is 13.6. The van der Waals surface area contributed by atoms with Crippen LogP contribution in [0.5, 0.6) is 11.5 Å². The van der Waals surface area contributed by atoms with Gasteiger partial charge in [0.1, 0.15) is 0 Å². The minimum absolute atomic E-state index is 0.0407. The van der Waals surface area contributed by atoms with E-state index in [0.717, 1.165) is 5.56 Å². The van der Waals surface area contributed by atoms with E-state index in [9.17, 15) is 5.11 Å². The Bertz CT molecular complexity index is 370. The van der Waals surface area contributed by atoms with Crippen molar-refractivity contribution in [1.82, 2.24) is 5.32 Å². The summed E-state index contributed by atoms with van der Waals surface area (Å²) in [6.45, 7) is -0.821. The van der Waals surface area contributed by atoms with Crippen molar-refractivity contribution in [1.29, 1.82) is 0 Å². The van der Waals surface area contributed by atoms with Crippen molar-refractivity contribution >= 4 is 0 Å². The molecule has 0 aliphatic heterocycles. The van der Waals surface area contributed by atoms with E-state index in [1.54, 1.807) is 12.1 Å². The fourth-order valence-electron chi connectivity index (χ4n) is 1.44. The van der Waals surface area contributed by atoms with Gasteiger partial charge >= 0.3 is 0 Å². The van der Waals surface area contributed by atoms with Gasteiger partial charge in [-0.3, -0.25) is 0 Å². The molecular formula is C12H19NO5. The van der Waals surface area contributed by atoms with Gasteiger partial charge in [0.05, 0.1) is 32.5 Å². The monoisotopic (exact) mass is 257 g/mol. The van der Waals surface area contributed by atoms with Crippen molar-refractivity contribution in [3.63, 3.8) is 0 Å². The lowest BCUT2D eigenvalue weighted by molar-refractivity contribution is 0.0413. The molecule has 0 saturated heterocycles. The normalized spacial score (nSPS) is 11.6. The number of rotatable bonds is 7. The number of hydrogen-bond acceptors (Lipinski definition) is 6. The second kappa shape index (κ2) is 6.55. The molecule has 1 aromatic rings. The zero-order valence-corrected chi connectivity index (χ0v) is 10.3. The first-order valence-electron chi connectivity index (χ1n) is 5.54. The Morgan fingerprint density at radius 3 is 2.28 bits per heavy atom. The second-order valence-corrected chi connectivity index (χ2v) is 4.11. The maximum Gasteiger partial charge on any atom is 0.160 e. The summed E-state index contributed by atoms with van der Waals surface area (Å²) in [6.07, 6.45) is 0. The molecular weight excluding hydrogens is 238 g/mol. The van der Waals surface area contributed by atoms with Crippen LogP contribution < -0.4 is 10.1 Å². The van der Waals surface area contributed by atoms with Gasteiger partial charge < -0.3 is 30.5 Å². The van der Waals surface area contributed by atoms with E-state index in [0.29, 0.717) is 12.3 Å². The Hall–Kier alpha value is -1.34. The molecule has 18 heavy (non-hydrogen) atoms. The Morgan fingerprint density at radius 1 is 1.17 bits per heavy atom. The number of aromatic hydroxyl groups is 1. The Morgan fingerprint density at radius 2 is 1.78 bits per heavy atom. The third-order valence-corrected chi connectivity index (χ3v) is 2.82. The predicted octanol–water partition coefficient (Wildman–Crippen LogP) is -0.794. The van der Waals surface area contributed by atoms with Crippen LogP contribution in [0, 0.1) is 0 Å². The molecule has 0 bridgehead atoms. The zero-order valence-electron chi connectivity index (χ0n) is 10.3. The van der Waals surface area contributed by atoms with E-state index in [2.05, 4.69) is 5.32 Å². The minimum Gasteiger partial charge on any atom is -0.504 e. The van der Waals surface area contributed by atoms with Gasteiger partial charge in [0.25, 0.3) is 0 Å². The smallest absolute Gasteiger partial charge is 0.160 e. The number of benzene rings is 1. The van der Waals surface area contributed by atoms with Crippen molar-refractivity contribution in [2.24, 2.45) is 0 Å². The van der Waals surface area contributed by atoms with Crippen molar-refractivity contribution in [3.05, 3.63) is 23.8 Å². The van der Waals surface area contributed by atoms with E-state index in [1.165, 1.54) is 13.2 Å². The molecule has 6 nitrogen and oxygen atoms in total. The molecule has 0 aliphatic rings. The number of nitrogens with one attached hydrogen (secondary N) is 1. The first-order valence-corrected chi connectivity index (χ1v) is 5.54. The standard InChI is InChI=1S/C12H19NO5/c1-18-11-4-9(2-3-10(11)17)5-13-12(6-14,7-15)8-16/h2-4,13-17H,5-8H2,1H3. The Balaban J connectivity index is 2.73. The third kappa shape index (κ3) is 3.33. The number of aliphatic hydroxyl groups is 3. The van der Waals surface area contributed by atoms with Crippen LogP contribution >= 0.6 is 0 Å². The average molecular weight is 257 g/mol. The van der Waals surface area contributed by atoms with Gasteiger partial charge in [0, 0.05) is 6.54 Å². The molecule has 102 valence electrons. The quantitative estimate of drug-likeness (QED) is 0.438. The molecule has 0 aromatic heterocycles. The number of hydrogen-bond donors (Lipinski definition) is 5. The van der Waals surface area contributed by atoms with E-state index in [1.807, 2.05) is 0 Å². The molecule has 0 radical (unpaired) electrons. The van der Waals surface area contributed by atoms with Crippen LogP contribution in [0.15, 0.2) is 18.2 Å². The summed E-state index contributed by atoms with van der Waals surface area (Å²) in [4.78, 5) is 0. The summed E-state index contributed by atoms with van der Waals surface area (Å²) in [7, 11) is 1.45. The topological polar surface area (TPSA) is 102 Å². The second-order valence-electron chi connectivity index (χ2n) is 4.11. The van der Waals surface area contributed by atoms with Crippen molar-refractivity contribution in [3.8, 4) is 11.5 Å². The summed E-state index contributed by atoms with van der Waals surface area (Å²) in [6, 6.07) is 4.81. The molecule has 0 atom stereocenters. The summed E-state index contributed by atoms with van der Waals surface area (Å²) in [5.74, 6) is 0.385. The van der Waals surface area contributed by atoms with Gasteiger partial charge in [-0.05, 0) is 17.7 Å². The lowest BCUT2D eigenvalue weighted by Crippen LogP contribution is -2.54. The predicted molar refractivity (Wildman–Crippen MR) is 65.5 cm³/mol. The number of phenolic OH excluding ortho intramolecular Hbond substituents is 1. The van der Waals surface area contributed by atoms with Crippen LogP contribution in [-0.2, 0) is 6.54 Å². The number of aliphatic hydroxyl groups excluding tert-OH is 3. The lowest BCUT2D eigenvalue weighted by Gasteiger charge is -2.28. The highest BCUT2D eigenvalue weighted by Gasteiger charge is 2.27. The van der Waals surface area contributed by atoms with Crippen LogP contribution in [0.25, 0.3) is 0 Å². The van der Waals surface area contributed by atoms with Crippen molar-refractivity contribution in [2.45, 2.75) is 12.1 Å². The fourth-order valence-corrected chi connectivity index (χ4v) is 1.44. The van der Waals surface area contributed by atoms with Crippen molar-refractivity contribution < 1.29 is 25.2 Å². The Kier molecular flexibility index (Phi) is 5.36. The molecule has 1 aromatic carbocycles. The van der Waals surface area contributed by atoms with Gasteiger partial charge in [-0.1, -0.05) is 6.07 Å².